The summed E-state index contributed by atoms with van der Waals surface area (Å²) in [5.41, 5.74) is 0.407. The molecule has 98 valence electrons. The average molecular weight is 271 g/mol. The van der Waals surface area contributed by atoms with Crippen molar-refractivity contribution in [1.82, 2.24) is 5.32 Å². The van der Waals surface area contributed by atoms with E-state index in [1.165, 1.54) is 18.2 Å². The third-order valence-electron chi connectivity index (χ3n) is 2.10. The Balaban J connectivity index is 2.72. The zero-order valence-electron chi connectivity index (χ0n) is 10.2. The summed E-state index contributed by atoms with van der Waals surface area (Å²) in [7, 11) is 0. The lowest BCUT2D eigenvalue weighted by atomic mass is 10.2. The predicted molar refractivity (Wildman–Crippen MR) is 70.2 cm³/mol. The van der Waals surface area contributed by atoms with E-state index in [0.29, 0.717) is 5.69 Å². The highest BCUT2D eigenvalue weighted by atomic mass is 35.5. The monoisotopic (exact) mass is 270 g/mol. The predicted octanol–water partition coefficient (Wildman–Crippen LogP) is 1.97. The summed E-state index contributed by atoms with van der Waals surface area (Å²) in [5.74, 6) is -1.34. The van der Waals surface area contributed by atoms with Gasteiger partial charge in [-0.2, -0.15) is 0 Å². The van der Waals surface area contributed by atoms with E-state index in [1.807, 2.05) is 13.8 Å². The van der Waals surface area contributed by atoms with Gasteiger partial charge in [-0.3, -0.25) is 4.79 Å². The first-order valence-corrected chi connectivity index (χ1v) is 5.83. The van der Waals surface area contributed by atoms with Crippen molar-refractivity contribution in [3.05, 3.63) is 28.8 Å². The minimum atomic E-state index is -1.09. The van der Waals surface area contributed by atoms with Gasteiger partial charge in [0.25, 0.3) is 0 Å². The number of carbonyl (C=O) groups excluding carboxylic acids is 1. The third-order valence-corrected chi connectivity index (χ3v) is 2.32. The lowest BCUT2D eigenvalue weighted by Gasteiger charge is -2.09. The maximum Gasteiger partial charge on any atom is 0.335 e. The molecule has 5 nitrogen and oxygen atoms in total. The van der Waals surface area contributed by atoms with E-state index in [2.05, 4.69) is 10.6 Å². The van der Waals surface area contributed by atoms with Crippen molar-refractivity contribution in [1.29, 1.82) is 0 Å². The summed E-state index contributed by atoms with van der Waals surface area (Å²) in [6.45, 7) is 4.01. The van der Waals surface area contributed by atoms with E-state index < -0.39 is 5.97 Å². The van der Waals surface area contributed by atoms with Crippen molar-refractivity contribution in [2.24, 2.45) is 0 Å². The van der Waals surface area contributed by atoms with Crippen molar-refractivity contribution in [2.45, 2.75) is 19.9 Å². The van der Waals surface area contributed by atoms with Gasteiger partial charge in [0.05, 0.1) is 12.1 Å². The molecular formula is C12H15ClN2O3. The van der Waals surface area contributed by atoms with Gasteiger partial charge in [-0.25, -0.2) is 4.79 Å². The summed E-state index contributed by atoms with van der Waals surface area (Å²) < 4.78 is 0. The Hall–Kier alpha value is -1.59. The molecule has 1 amide bonds. The van der Waals surface area contributed by atoms with E-state index in [0.717, 1.165) is 0 Å². The highest BCUT2D eigenvalue weighted by Crippen LogP contribution is 2.19. The number of carbonyl (C=O) groups is 2. The minimum Gasteiger partial charge on any atom is -0.478 e. The second kappa shape index (κ2) is 6.37. The molecule has 0 heterocycles. The van der Waals surface area contributed by atoms with Gasteiger partial charge in [-0.1, -0.05) is 25.4 Å². The van der Waals surface area contributed by atoms with E-state index >= 15 is 0 Å². The molecule has 0 aliphatic heterocycles. The Morgan fingerprint density at radius 2 is 2.00 bits per heavy atom. The number of benzene rings is 1. The molecule has 0 atom stereocenters. The first-order valence-electron chi connectivity index (χ1n) is 5.45. The molecular weight excluding hydrogens is 256 g/mol. The van der Waals surface area contributed by atoms with Crippen LogP contribution in [0.15, 0.2) is 18.2 Å². The van der Waals surface area contributed by atoms with E-state index in [1.54, 1.807) is 0 Å². The lowest BCUT2D eigenvalue weighted by molar-refractivity contribution is -0.115. The number of carboxylic acids is 1. The number of amides is 1. The van der Waals surface area contributed by atoms with Crippen LogP contribution in [-0.4, -0.2) is 29.6 Å². The second-order valence-electron chi connectivity index (χ2n) is 4.12. The lowest BCUT2D eigenvalue weighted by Crippen LogP contribution is -2.32. The SMILES string of the molecule is CC(C)NCC(=O)Nc1cc(Cl)cc(C(=O)O)c1. The minimum absolute atomic E-state index is 0.0367. The van der Waals surface area contributed by atoms with Gasteiger partial charge in [0.2, 0.25) is 5.91 Å². The van der Waals surface area contributed by atoms with Gasteiger partial charge in [0, 0.05) is 16.8 Å². The first-order chi connectivity index (χ1) is 8.38. The summed E-state index contributed by atoms with van der Waals surface area (Å²) in [6.07, 6.45) is 0. The van der Waals surface area contributed by atoms with Gasteiger partial charge < -0.3 is 15.7 Å². The van der Waals surface area contributed by atoms with Gasteiger partial charge in [0.1, 0.15) is 0 Å². The van der Waals surface area contributed by atoms with E-state index in [-0.39, 0.29) is 29.1 Å². The number of carboxylic acid groups (broad SMARTS) is 1. The fourth-order valence-corrected chi connectivity index (χ4v) is 1.52. The molecule has 1 aromatic carbocycles. The molecule has 0 bridgehead atoms. The fourth-order valence-electron chi connectivity index (χ4n) is 1.29. The number of anilines is 1. The Kier molecular flexibility index (Phi) is 5.12. The van der Waals surface area contributed by atoms with Crippen molar-refractivity contribution in [2.75, 3.05) is 11.9 Å². The molecule has 0 aliphatic carbocycles. The topological polar surface area (TPSA) is 78.4 Å². The first kappa shape index (κ1) is 14.5. The van der Waals surface area contributed by atoms with Crippen LogP contribution in [0.25, 0.3) is 0 Å². The Bertz CT molecular complexity index is 461. The molecule has 6 heteroatoms. The average Bonchev–Trinajstić information content (AvgIpc) is 2.25. The Labute approximate surface area is 110 Å². The van der Waals surface area contributed by atoms with Gasteiger partial charge in [0.15, 0.2) is 0 Å². The number of hydrogen-bond acceptors (Lipinski definition) is 3. The number of rotatable bonds is 5. The third kappa shape index (κ3) is 4.73. The molecule has 0 aromatic heterocycles. The molecule has 0 aliphatic rings. The number of halogens is 1. The number of aromatic carboxylic acids is 1. The molecule has 3 N–H and O–H groups in total. The van der Waals surface area contributed by atoms with Gasteiger partial charge in [-0.15, -0.1) is 0 Å². The molecule has 1 rings (SSSR count). The van der Waals surface area contributed by atoms with Crippen LogP contribution in [-0.2, 0) is 4.79 Å². The standard InChI is InChI=1S/C12H15ClN2O3/c1-7(2)14-6-11(16)15-10-4-8(12(17)18)3-9(13)5-10/h3-5,7,14H,6H2,1-2H3,(H,15,16)(H,17,18). The quantitative estimate of drug-likeness (QED) is 0.764. The number of hydrogen-bond donors (Lipinski definition) is 3. The van der Waals surface area contributed by atoms with Crippen LogP contribution in [0.4, 0.5) is 5.69 Å². The van der Waals surface area contributed by atoms with Crippen LogP contribution in [0, 0.1) is 0 Å². The Morgan fingerprint density at radius 3 is 2.56 bits per heavy atom. The molecule has 0 saturated carbocycles. The summed E-state index contributed by atoms with van der Waals surface area (Å²) in [4.78, 5) is 22.4. The van der Waals surface area contributed by atoms with Gasteiger partial charge >= 0.3 is 5.97 Å². The van der Waals surface area contributed by atoms with Crippen molar-refractivity contribution < 1.29 is 14.7 Å². The molecule has 0 fully saturated rings. The van der Waals surface area contributed by atoms with Crippen LogP contribution in [0.5, 0.6) is 0 Å². The van der Waals surface area contributed by atoms with Crippen LogP contribution in [0.3, 0.4) is 0 Å². The van der Waals surface area contributed by atoms with E-state index in [9.17, 15) is 9.59 Å². The Morgan fingerprint density at radius 1 is 1.33 bits per heavy atom. The van der Waals surface area contributed by atoms with Crippen molar-refractivity contribution in [3.63, 3.8) is 0 Å². The highest BCUT2D eigenvalue weighted by Gasteiger charge is 2.08. The molecule has 18 heavy (non-hydrogen) atoms. The van der Waals surface area contributed by atoms with Crippen molar-refractivity contribution >= 4 is 29.2 Å². The van der Waals surface area contributed by atoms with Gasteiger partial charge in [-0.05, 0) is 18.2 Å². The fraction of sp³-hybridized carbons (Fsp3) is 0.333. The van der Waals surface area contributed by atoms with E-state index in [4.69, 9.17) is 16.7 Å². The summed E-state index contributed by atoms with van der Waals surface area (Å²) in [6, 6.07) is 4.39. The van der Waals surface area contributed by atoms with Crippen molar-refractivity contribution in [3.8, 4) is 0 Å². The normalized spacial score (nSPS) is 10.4. The maximum absolute atomic E-state index is 11.5. The summed E-state index contributed by atoms with van der Waals surface area (Å²) >= 11 is 5.77. The second-order valence-corrected chi connectivity index (χ2v) is 4.55. The molecule has 0 unspecified atom stereocenters. The zero-order valence-corrected chi connectivity index (χ0v) is 10.9. The van der Waals surface area contributed by atoms with Crippen LogP contribution < -0.4 is 10.6 Å². The molecule has 0 saturated heterocycles. The number of nitrogens with one attached hydrogen (secondary N) is 2. The van der Waals surface area contributed by atoms with Crippen LogP contribution in [0.2, 0.25) is 5.02 Å². The highest BCUT2D eigenvalue weighted by molar-refractivity contribution is 6.31. The van der Waals surface area contributed by atoms with Crippen LogP contribution >= 0.6 is 11.6 Å². The maximum atomic E-state index is 11.5. The zero-order chi connectivity index (χ0) is 13.7. The largest absolute Gasteiger partial charge is 0.478 e. The van der Waals surface area contributed by atoms with Crippen LogP contribution in [0.1, 0.15) is 24.2 Å². The molecule has 0 spiro atoms. The summed E-state index contributed by atoms with van der Waals surface area (Å²) in [5, 5.41) is 14.7. The smallest absolute Gasteiger partial charge is 0.335 e. The molecule has 1 aromatic rings. The molecule has 0 radical (unpaired) electrons.